The van der Waals surface area contributed by atoms with E-state index in [0.717, 1.165) is 16.6 Å². The molecule has 3 heteroatoms. The zero-order chi connectivity index (χ0) is 13.8. The molecule has 0 amide bonds. The fourth-order valence-corrected chi connectivity index (χ4v) is 2.51. The van der Waals surface area contributed by atoms with Gasteiger partial charge in [0.05, 0.1) is 11.6 Å². The van der Waals surface area contributed by atoms with E-state index >= 15 is 0 Å². The summed E-state index contributed by atoms with van der Waals surface area (Å²) in [5.41, 5.74) is 1.67. The number of ether oxygens (including phenoxy) is 1. The van der Waals surface area contributed by atoms with Crippen LogP contribution in [0.2, 0.25) is 0 Å². The van der Waals surface area contributed by atoms with Crippen LogP contribution in [0, 0.1) is 5.41 Å². The van der Waals surface area contributed by atoms with Crippen LogP contribution in [-0.2, 0) is 0 Å². The molecule has 102 valence electrons. The number of nitrogens with one attached hydrogen (secondary N) is 1. The van der Waals surface area contributed by atoms with Crippen LogP contribution in [0.1, 0.15) is 45.2 Å². The van der Waals surface area contributed by atoms with E-state index in [1.54, 1.807) is 7.11 Å². The molecule has 0 saturated carbocycles. The van der Waals surface area contributed by atoms with Crippen LogP contribution >= 0.6 is 15.9 Å². The summed E-state index contributed by atoms with van der Waals surface area (Å²) in [6, 6.07) is 6.68. The topological polar surface area (TPSA) is 21.3 Å². The number of hydrogen-bond acceptors (Lipinski definition) is 2. The van der Waals surface area contributed by atoms with Crippen LogP contribution in [0.3, 0.4) is 0 Å². The molecule has 1 unspecified atom stereocenters. The molecule has 0 fully saturated rings. The fraction of sp³-hybridized carbons (Fsp3) is 0.600. The molecule has 0 bridgehead atoms. The Hall–Kier alpha value is -0.540. The molecule has 0 spiro atoms. The molecule has 0 aliphatic heterocycles. The maximum atomic E-state index is 5.26. The van der Waals surface area contributed by atoms with Crippen molar-refractivity contribution < 1.29 is 4.74 Å². The van der Waals surface area contributed by atoms with E-state index in [-0.39, 0.29) is 0 Å². The highest BCUT2D eigenvalue weighted by Crippen LogP contribution is 2.31. The molecule has 1 atom stereocenters. The van der Waals surface area contributed by atoms with Crippen molar-refractivity contribution in [3.63, 3.8) is 0 Å². The predicted molar refractivity (Wildman–Crippen MR) is 81.2 cm³/mol. The van der Waals surface area contributed by atoms with Gasteiger partial charge < -0.3 is 10.1 Å². The molecule has 2 nitrogen and oxygen atoms in total. The third kappa shape index (κ3) is 4.62. The molecule has 18 heavy (non-hydrogen) atoms. The molecule has 0 aliphatic rings. The van der Waals surface area contributed by atoms with Gasteiger partial charge in [-0.1, -0.05) is 26.8 Å². The maximum Gasteiger partial charge on any atom is 0.133 e. The number of halogens is 1. The van der Waals surface area contributed by atoms with Crippen LogP contribution in [0.5, 0.6) is 5.75 Å². The van der Waals surface area contributed by atoms with Gasteiger partial charge in [0.1, 0.15) is 5.75 Å². The quantitative estimate of drug-likeness (QED) is 0.861. The first kappa shape index (κ1) is 15.5. The number of benzene rings is 1. The van der Waals surface area contributed by atoms with Gasteiger partial charge in [0.15, 0.2) is 0 Å². The van der Waals surface area contributed by atoms with Gasteiger partial charge in [-0.05, 0) is 58.9 Å². The molecule has 0 heterocycles. The van der Waals surface area contributed by atoms with Crippen molar-refractivity contribution in [2.24, 2.45) is 5.41 Å². The lowest BCUT2D eigenvalue weighted by Crippen LogP contribution is -2.19. The van der Waals surface area contributed by atoms with Gasteiger partial charge in [-0.15, -0.1) is 0 Å². The lowest BCUT2D eigenvalue weighted by atomic mass is 9.87. The van der Waals surface area contributed by atoms with Crippen LogP contribution in [0.15, 0.2) is 22.7 Å². The summed E-state index contributed by atoms with van der Waals surface area (Å²) in [5, 5.41) is 3.39. The van der Waals surface area contributed by atoms with Crippen molar-refractivity contribution in [2.75, 3.05) is 14.2 Å². The van der Waals surface area contributed by atoms with Gasteiger partial charge in [-0.2, -0.15) is 0 Å². The Morgan fingerprint density at radius 1 is 1.33 bits per heavy atom. The van der Waals surface area contributed by atoms with E-state index in [4.69, 9.17) is 4.74 Å². The Kier molecular flexibility index (Phi) is 5.67. The Labute approximate surface area is 119 Å². The molecule has 0 aromatic heterocycles. The molecule has 1 N–H and O–H groups in total. The second-order valence-corrected chi connectivity index (χ2v) is 6.69. The lowest BCUT2D eigenvalue weighted by molar-refractivity contribution is 0.338. The monoisotopic (exact) mass is 313 g/mol. The Bertz CT molecular complexity index is 385. The minimum Gasteiger partial charge on any atom is -0.496 e. The van der Waals surface area contributed by atoms with Gasteiger partial charge in [0, 0.05) is 6.04 Å². The molecule has 0 radical (unpaired) electrons. The zero-order valence-corrected chi connectivity index (χ0v) is 13.6. The van der Waals surface area contributed by atoms with E-state index in [9.17, 15) is 0 Å². The summed E-state index contributed by atoms with van der Waals surface area (Å²) in [6.45, 7) is 6.84. The van der Waals surface area contributed by atoms with E-state index in [1.807, 2.05) is 13.1 Å². The molecular weight excluding hydrogens is 290 g/mol. The van der Waals surface area contributed by atoms with E-state index in [0.29, 0.717) is 11.5 Å². The van der Waals surface area contributed by atoms with E-state index in [1.165, 1.54) is 12.0 Å². The highest BCUT2D eigenvalue weighted by molar-refractivity contribution is 9.10. The Balaban J connectivity index is 2.79. The fourth-order valence-electron chi connectivity index (χ4n) is 1.95. The van der Waals surface area contributed by atoms with Crippen LogP contribution in [-0.4, -0.2) is 14.2 Å². The second kappa shape index (κ2) is 6.58. The largest absolute Gasteiger partial charge is 0.496 e. The summed E-state index contributed by atoms with van der Waals surface area (Å²) in [4.78, 5) is 0. The summed E-state index contributed by atoms with van der Waals surface area (Å²) in [6.07, 6.45) is 2.33. The average molecular weight is 314 g/mol. The van der Waals surface area contributed by atoms with E-state index < -0.39 is 0 Å². The first-order valence-corrected chi connectivity index (χ1v) is 7.17. The molecule has 0 aliphatic carbocycles. The smallest absolute Gasteiger partial charge is 0.133 e. The normalized spacial score (nSPS) is 13.4. The molecule has 1 rings (SSSR count). The maximum absolute atomic E-state index is 5.26. The third-order valence-electron chi connectivity index (χ3n) is 3.11. The number of rotatable bonds is 5. The minimum absolute atomic E-state index is 0.374. The lowest BCUT2D eigenvalue weighted by Gasteiger charge is -2.23. The van der Waals surface area contributed by atoms with Crippen molar-refractivity contribution >= 4 is 15.9 Å². The van der Waals surface area contributed by atoms with Crippen molar-refractivity contribution in [3.05, 3.63) is 28.2 Å². The average Bonchev–Trinajstić information content (AvgIpc) is 2.28. The van der Waals surface area contributed by atoms with Crippen LogP contribution in [0.4, 0.5) is 0 Å². The summed E-state index contributed by atoms with van der Waals surface area (Å²) in [7, 11) is 3.71. The molecule has 1 aromatic rings. The first-order valence-electron chi connectivity index (χ1n) is 6.38. The van der Waals surface area contributed by atoms with Gasteiger partial charge in [-0.25, -0.2) is 0 Å². The Morgan fingerprint density at radius 2 is 2.00 bits per heavy atom. The zero-order valence-electron chi connectivity index (χ0n) is 12.0. The third-order valence-corrected chi connectivity index (χ3v) is 3.73. The van der Waals surface area contributed by atoms with Gasteiger partial charge >= 0.3 is 0 Å². The number of methoxy groups -OCH3 is 1. The minimum atomic E-state index is 0.374. The second-order valence-electron chi connectivity index (χ2n) is 5.83. The molecule has 0 saturated heterocycles. The highest BCUT2D eigenvalue weighted by Gasteiger charge is 2.16. The van der Waals surface area contributed by atoms with Gasteiger partial charge in [0.2, 0.25) is 0 Å². The van der Waals surface area contributed by atoms with Crippen LogP contribution in [0.25, 0.3) is 0 Å². The molecular formula is C15H24BrNO. The standard InChI is InChI=1S/C15H24BrNO/c1-15(2,3)9-8-13(17-4)11-6-7-14(18-5)12(16)10-11/h6-7,10,13,17H,8-9H2,1-5H3. The summed E-state index contributed by atoms with van der Waals surface area (Å²) in [5.74, 6) is 0.879. The van der Waals surface area contributed by atoms with Crippen LogP contribution < -0.4 is 10.1 Å². The summed E-state index contributed by atoms with van der Waals surface area (Å²) >= 11 is 3.54. The van der Waals surface area contributed by atoms with Gasteiger partial charge in [0.25, 0.3) is 0 Å². The highest BCUT2D eigenvalue weighted by atomic mass is 79.9. The number of hydrogen-bond donors (Lipinski definition) is 1. The molecule has 1 aromatic carbocycles. The van der Waals surface area contributed by atoms with Crippen molar-refractivity contribution in [1.29, 1.82) is 0 Å². The van der Waals surface area contributed by atoms with E-state index in [2.05, 4.69) is 54.2 Å². The van der Waals surface area contributed by atoms with Crippen molar-refractivity contribution in [2.45, 2.75) is 39.7 Å². The Morgan fingerprint density at radius 3 is 2.44 bits per heavy atom. The van der Waals surface area contributed by atoms with Gasteiger partial charge in [-0.3, -0.25) is 0 Å². The predicted octanol–water partition coefficient (Wildman–Crippen LogP) is 4.54. The van der Waals surface area contributed by atoms with Crippen molar-refractivity contribution in [1.82, 2.24) is 5.32 Å². The van der Waals surface area contributed by atoms with Crippen molar-refractivity contribution in [3.8, 4) is 5.75 Å². The summed E-state index contributed by atoms with van der Waals surface area (Å²) < 4.78 is 6.27. The SMILES string of the molecule is CNC(CCC(C)(C)C)c1ccc(OC)c(Br)c1. The first-order chi connectivity index (χ1) is 8.37.